The van der Waals surface area contributed by atoms with Gasteiger partial charge in [-0.1, -0.05) is 6.07 Å². The van der Waals surface area contributed by atoms with Gasteiger partial charge in [0.05, 0.1) is 39.6 Å². The van der Waals surface area contributed by atoms with E-state index in [-0.39, 0.29) is 17.8 Å². The molecular weight excluding hydrogens is 408 g/mol. The van der Waals surface area contributed by atoms with Gasteiger partial charge in [0.2, 0.25) is 0 Å². The van der Waals surface area contributed by atoms with Crippen molar-refractivity contribution in [1.82, 2.24) is 0 Å². The molecule has 0 radical (unpaired) electrons. The molecule has 3 atom stereocenters. The van der Waals surface area contributed by atoms with Crippen molar-refractivity contribution in [3.8, 4) is 23.0 Å². The summed E-state index contributed by atoms with van der Waals surface area (Å²) in [6, 6.07) is 9.81. The average Bonchev–Trinajstić information content (AvgIpc) is 2.74. The van der Waals surface area contributed by atoms with E-state index in [1.165, 1.54) is 0 Å². The first kappa shape index (κ1) is 24.2. The van der Waals surface area contributed by atoms with E-state index in [9.17, 15) is 10.2 Å². The molecule has 176 valence electrons. The molecule has 3 rings (SSSR count). The molecule has 0 heterocycles. The van der Waals surface area contributed by atoms with Crippen LogP contribution in [0.5, 0.6) is 23.0 Å². The minimum Gasteiger partial charge on any atom is -0.493 e. The molecule has 0 aromatic heterocycles. The lowest BCUT2D eigenvalue weighted by Gasteiger charge is -2.50. The van der Waals surface area contributed by atoms with Crippen molar-refractivity contribution in [2.45, 2.75) is 51.2 Å². The maximum atomic E-state index is 11.4. The fourth-order valence-corrected chi connectivity index (χ4v) is 5.22. The summed E-state index contributed by atoms with van der Waals surface area (Å²) in [5.41, 5.74) is 1.01. The predicted molar refractivity (Wildman–Crippen MR) is 124 cm³/mol. The van der Waals surface area contributed by atoms with Crippen LogP contribution >= 0.6 is 0 Å². The third-order valence-electron chi connectivity index (χ3n) is 6.70. The van der Waals surface area contributed by atoms with E-state index in [1.54, 1.807) is 28.4 Å². The molecule has 0 spiro atoms. The standard InChI is InChI=1S/C26H36O6/c1-25(2,27)18-11-16-13-21(31-7)22(32-8)14-17(16)23(24(18)26(3,4)28)15-9-10-19(29-5)20(12-15)30-6/h9-10,12-14,18,23-24,27-28H,11H2,1-8H3/t18-,23+,24+/m1/s1. The van der Waals surface area contributed by atoms with E-state index < -0.39 is 11.2 Å². The molecule has 0 fully saturated rings. The quantitative estimate of drug-likeness (QED) is 0.667. The van der Waals surface area contributed by atoms with E-state index in [1.807, 2.05) is 58.0 Å². The summed E-state index contributed by atoms with van der Waals surface area (Å²) in [6.07, 6.45) is 0.609. The van der Waals surface area contributed by atoms with Gasteiger partial charge in [0, 0.05) is 11.8 Å². The lowest BCUT2D eigenvalue weighted by molar-refractivity contribution is -0.0905. The predicted octanol–water partition coefficient (Wildman–Crippen LogP) is 4.18. The van der Waals surface area contributed by atoms with E-state index in [2.05, 4.69) is 0 Å². The highest BCUT2D eigenvalue weighted by molar-refractivity contribution is 5.54. The molecule has 2 N–H and O–H groups in total. The van der Waals surface area contributed by atoms with Crippen molar-refractivity contribution in [1.29, 1.82) is 0 Å². The minimum atomic E-state index is -1.06. The van der Waals surface area contributed by atoms with Crippen LogP contribution in [-0.2, 0) is 6.42 Å². The fourth-order valence-electron chi connectivity index (χ4n) is 5.22. The Labute approximate surface area is 191 Å². The highest BCUT2D eigenvalue weighted by Crippen LogP contribution is 2.53. The number of hydrogen-bond acceptors (Lipinski definition) is 6. The highest BCUT2D eigenvalue weighted by Gasteiger charge is 2.50. The largest absolute Gasteiger partial charge is 0.493 e. The van der Waals surface area contributed by atoms with Crippen LogP contribution in [0.1, 0.15) is 50.3 Å². The number of aliphatic hydroxyl groups is 2. The Bertz CT molecular complexity index is 954. The van der Waals surface area contributed by atoms with E-state index in [0.29, 0.717) is 29.4 Å². The summed E-state index contributed by atoms with van der Waals surface area (Å²) in [6.45, 7) is 7.26. The molecule has 0 aliphatic heterocycles. The molecular formula is C26H36O6. The zero-order valence-corrected chi connectivity index (χ0v) is 20.4. The summed E-state index contributed by atoms with van der Waals surface area (Å²) >= 11 is 0. The minimum absolute atomic E-state index is 0.203. The number of methoxy groups -OCH3 is 4. The summed E-state index contributed by atoms with van der Waals surface area (Å²) < 4.78 is 22.2. The second-order valence-corrected chi connectivity index (χ2v) is 9.64. The van der Waals surface area contributed by atoms with Gasteiger partial charge < -0.3 is 29.2 Å². The van der Waals surface area contributed by atoms with Crippen LogP contribution in [0.2, 0.25) is 0 Å². The van der Waals surface area contributed by atoms with E-state index >= 15 is 0 Å². The maximum absolute atomic E-state index is 11.4. The van der Waals surface area contributed by atoms with Crippen molar-refractivity contribution in [3.63, 3.8) is 0 Å². The van der Waals surface area contributed by atoms with Gasteiger partial charge in [0.25, 0.3) is 0 Å². The topological polar surface area (TPSA) is 77.4 Å². The van der Waals surface area contributed by atoms with Crippen molar-refractivity contribution >= 4 is 0 Å². The molecule has 0 saturated heterocycles. The first-order valence-corrected chi connectivity index (χ1v) is 10.9. The summed E-state index contributed by atoms with van der Waals surface area (Å²) in [5, 5.41) is 22.5. The first-order valence-electron chi connectivity index (χ1n) is 10.9. The van der Waals surface area contributed by atoms with Crippen LogP contribution < -0.4 is 18.9 Å². The van der Waals surface area contributed by atoms with Crippen molar-refractivity contribution in [2.75, 3.05) is 28.4 Å². The lowest BCUT2D eigenvalue weighted by atomic mass is 9.57. The Morgan fingerprint density at radius 3 is 1.75 bits per heavy atom. The Morgan fingerprint density at radius 2 is 1.25 bits per heavy atom. The van der Waals surface area contributed by atoms with Crippen LogP contribution in [0.25, 0.3) is 0 Å². The number of fused-ring (bicyclic) bond motifs is 1. The molecule has 1 aliphatic rings. The van der Waals surface area contributed by atoms with Crippen molar-refractivity contribution in [3.05, 3.63) is 47.0 Å². The van der Waals surface area contributed by atoms with Crippen LogP contribution in [0.4, 0.5) is 0 Å². The smallest absolute Gasteiger partial charge is 0.161 e. The monoisotopic (exact) mass is 444 g/mol. The zero-order chi connectivity index (χ0) is 23.8. The molecule has 32 heavy (non-hydrogen) atoms. The molecule has 0 saturated carbocycles. The van der Waals surface area contributed by atoms with Gasteiger partial charge in [-0.05, 0) is 81.0 Å². The fraction of sp³-hybridized carbons (Fsp3) is 0.538. The van der Waals surface area contributed by atoms with Gasteiger partial charge in [-0.15, -0.1) is 0 Å². The van der Waals surface area contributed by atoms with Gasteiger partial charge in [-0.2, -0.15) is 0 Å². The Kier molecular flexibility index (Phi) is 6.68. The van der Waals surface area contributed by atoms with E-state index in [4.69, 9.17) is 18.9 Å². The number of rotatable bonds is 7. The molecule has 0 amide bonds. The number of ether oxygens (including phenoxy) is 4. The van der Waals surface area contributed by atoms with Crippen LogP contribution in [0.15, 0.2) is 30.3 Å². The van der Waals surface area contributed by atoms with Gasteiger partial charge in [-0.25, -0.2) is 0 Å². The second kappa shape index (κ2) is 8.83. The third-order valence-corrected chi connectivity index (χ3v) is 6.70. The lowest BCUT2D eigenvalue weighted by Crippen LogP contribution is -2.51. The van der Waals surface area contributed by atoms with Crippen molar-refractivity contribution in [2.24, 2.45) is 11.8 Å². The molecule has 0 bridgehead atoms. The van der Waals surface area contributed by atoms with Crippen LogP contribution in [0, 0.1) is 11.8 Å². The maximum Gasteiger partial charge on any atom is 0.161 e. The van der Waals surface area contributed by atoms with Crippen LogP contribution in [-0.4, -0.2) is 49.9 Å². The molecule has 6 heteroatoms. The Balaban J connectivity index is 2.33. The van der Waals surface area contributed by atoms with Gasteiger partial charge in [0.15, 0.2) is 23.0 Å². The zero-order valence-electron chi connectivity index (χ0n) is 20.4. The molecule has 0 unspecified atom stereocenters. The summed E-state index contributed by atoms with van der Waals surface area (Å²) in [4.78, 5) is 0. The number of hydrogen-bond donors (Lipinski definition) is 2. The molecule has 2 aromatic carbocycles. The third kappa shape index (κ3) is 4.39. The Morgan fingerprint density at radius 1 is 0.719 bits per heavy atom. The molecule has 6 nitrogen and oxygen atoms in total. The SMILES string of the molecule is COc1ccc([C@H]2c3cc(OC)c(OC)cc3C[C@@H](C(C)(C)O)[C@@H]2C(C)(C)O)cc1OC. The van der Waals surface area contributed by atoms with Gasteiger partial charge in [0.1, 0.15) is 0 Å². The van der Waals surface area contributed by atoms with E-state index in [0.717, 1.165) is 16.7 Å². The normalized spacial score (nSPS) is 21.0. The second-order valence-electron chi connectivity index (χ2n) is 9.64. The van der Waals surface area contributed by atoms with Gasteiger partial charge in [-0.3, -0.25) is 0 Å². The first-order chi connectivity index (χ1) is 15.0. The van der Waals surface area contributed by atoms with Crippen molar-refractivity contribution < 1.29 is 29.2 Å². The highest BCUT2D eigenvalue weighted by atomic mass is 16.5. The average molecular weight is 445 g/mol. The summed E-state index contributed by atoms with van der Waals surface area (Å²) in [5.74, 6) is 1.85. The Hall–Kier alpha value is -2.44. The number of benzene rings is 2. The van der Waals surface area contributed by atoms with Gasteiger partial charge >= 0.3 is 0 Å². The molecule has 2 aromatic rings. The van der Waals surface area contributed by atoms with Crippen LogP contribution in [0.3, 0.4) is 0 Å². The molecule has 1 aliphatic carbocycles. The summed E-state index contributed by atoms with van der Waals surface area (Å²) in [7, 11) is 6.45.